The third-order valence-corrected chi connectivity index (χ3v) is 6.13. The average molecular weight is 563 g/mol. The molecule has 0 bridgehead atoms. The van der Waals surface area contributed by atoms with Crippen LogP contribution in [0.1, 0.15) is 36.5 Å². The van der Waals surface area contributed by atoms with Crippen LogP contribution in [0.3, 0.4) is 0 Å². The fourth-order valence-corrected chi connectivity index (χ4v) is 4.00. The average Bonchev–Trinajstić information content (AvgIpc) is 2.83. The van der Waals surface area contributed by atoms with Crippen molar-refractivity contribution < 1.29 is 31.1 Å². The maximum absolute atomic E-state index is 14.0. The van der Waals surface area contributed by atoms with E-state index in [1.54, 1.807) is 30.3 Å². The van der Waals surface area contributed by atoms with Gasteiger partial charge in [-0.05, 0) is 48.4 Å². The highest BCUT2D eigenvalue weighted by Gasteiger charge is 2.36. The second-order valence-electron chi connectivity index (χ2n) is 8.21. The van der Waals surface area contributed by atoms with Gasteiger partial charge in [0, 0.05) is 13.1 Å². The number of halogens is 8. The van der Waals surface area contributed by atoms with Crippen molar-refractivity contribution >= 4 is 40.6 Å². The highest BCUT2D eigenvalue weighted by molar-refractivity contribution is 6.36. The first-order chi connectivity index (χ1) is 17.3. The van der Waals surface area contributed by atoms with Crippen molar-refractivity contribution in [1.82, 2.24) is 4.90 Å². The van der Waals surface area contributed by atoms with E-state index in [2.05, 4.69) is 0 Å². The molecule has 3 nitrogen and oxygen atoms in total. The van der Waals surface area contributed by atoms with Gasteiger partial charge in [-0.1, -0.05) is 66.9 Å². The Morgan fingerprint density at radius 3 is 1.70 bits per heavy atom. The number of hydrogen-bond acceptors (Lipinski definition) is 1. The fourth-order valence-electron chi connectivity index (χ4n) is 3.59. The zero-order valence-corrected chi connectivity index (χ0v) is 21.0. The highest BCUT2D eigenvalue weighted by Crippen LogP contribution is 2.43. The van der Waals surface area contributed by atoms with Crippen LogP contribution in [0.2, 0.25) is 10.0 Å². The first kappa shape index (κ1) is 28.7. The number of rotatable bonds is 7. The Labute approximate surface area is 220 Å². The van der Waals surface area contributed by atoms with Crippen LogP contribution in [-0.4, -0.2) is 17.5 Å². The van der Waals surface area contributed by atoms with E-state index in [-0.39, 0.29) is 23.1 Å². The van der Waals surface area contributed by atoms with Gasteiger partial charge in [0.1, 0.15) is 0 Å². The molecule has 2 amide bonds. The van der Waals surface area contributed by atoms with Gasteiger partial charge < -0.3 is 4.90 Å². The van der Waals surface area contributed by atoms with E-state index >= 15 is 0 Å². The Hall–Kier alpha value is -2.91. The number of alkyl halides is 6. The van der Waals surface area contributed by atoms with Gasteiger partial charge in [-0.2, -0.15) is 26.3 Å². The van der Waals surface area contributed by atoms with Gasteiger partial charge in [0.25, 0.3) is 0 Å². The molecule has 0 saturated heterocycles. The highest BCUT2D eigenvalue weighted by atomic mass is 35.5. The van der Waals surface area contributed by atoms with Crippen molar-refractivity contribution in [3.63, 3.8) is 0 Å². The molecule has 3 aromatic rings. The second-order valence-corrected chi connectivity index (χ2v) is 9.02. The summed E-state index contributed by atoms with van der Waals surface area (Å²) in [5.74, 6) is 0. The van der Waals surface area contributed by atoms with Crippen molar-refractivity contribution in [3.05, 3.63) is 93.5 Å². The molecular formula is C26H22Cl2F6N2O. The molecule has 0 fully saturated rings. The van der Waals surface area contributed by atoms with Crippen LogP contribution in [0.15, 0.2) is 66.7 Å². The van der Waals surface area contributed by atoms with Crippen LogP contribution in [-0.2, 0) is 18.9 Å². The third kappa shape index (κ3) is 7.11. The molecule has 0 aromatic heterocycles. The van der Waals surface area contributed by atoms with E-state index in [0.717, 1.165) is 29.8 Å². The van der Waals surface area contributed by atoms with Crippen molar-refractivity contribution in [1.29, 1.82) is 0 Å². The van der Waals surface area contributed by atoms with Crippen LogP contribution in [0.4, 0.5) is 42.5 Å². The van der Waals surface area contributed by atoms with Crippen molar-refractivity contribution in [2.45, 2.75) is 38.7 Å². The lowest BCUT2D eigenvalue weighted by atomic mass is 10.1. The van der Waals surface area contributed by atoms with Crippen LogP contribution < -0.4 is 4.90 Å². The predicted octanol–water partition coefficient (Wildman–Crippen LogP) is 9.59. The van der Waals surface area contributed by atoms with Gasteiger partial charge >= 0.3 is 18.4 Å². The minimum atomic E-state index is -4.79. The molecule has 0 aliphatic heterocycles. The van der Waals surface area contributed by atoms with E-state index < -0.39 is 40.9 Å². The molecule has 0 heterocycles. The first-order valence-electron chi connectivity index (χ1n) is 11.2. The molecule has 3 aromatic carbocycles. The molecule has 198 valence electrons. The maximum Gasteiger partial charge on any atom is 0.416 e. The summed E-state index contributed by atoms with van der Waals surface area (Å²) >= 11 is 12.5. The summed E-state index contributed by atoms with van der Waals surface area (Å²) in [6.45, 7) is 2.13. The van der Waals surface area contributed by atoms with Gasteiger partial charge in [-0.3, -0.25) is 4.90 Å². The Bertz CT molecular complexity index is 1170. The molecule has 0 saturated carbocycles. The number of anilines is 2. The Kier molecular flexibility index (Phi) is 9.02. The van der Waals surface area contributed by atoms with Crippen LogP contribution >= 0.6 is 23.2 Å². The number of carbonyl (C=O) groups excluding carboxylic acids is 1. The number of benzene rings is 3. The summed E-state index contributed by atoms with van der Waals surface area (Å²) in [5, 5.41) is -0.546. The zero-order valence-electron chi connectivity index (χ0n) is 19.5. The Morgan fingerprint density at radius 1 is 0.784 bits per heavy atom. The SMILES string of the molecule is CCCCN(Cc1ccccc1)C(=O)N(c1cc(C(F)(F)F)ccc1Cl)c1cc(C(F)(F)F)ccc1Cl. The zero-order chi connectivity index (χ0) is 27.4. The topological polar surface area (TPSA) is 23.6 Å². The molecule has 11 heteroatoms. The van der Waals surface area contributed by atoms with Crippen molar-refractivity contribution in [2.24, 2.45) is 0 Å². The number of unbranched alkanes of at least 4 members (excludes halogenated alkanes) is 1. The van der Waals surface area contributed by atoms with E-state index in [1.165, 1.54) is 4.90 Å². The number of nitrogens with zero attached hydrogens (tertiary/aromatic N) is 2. The summed E-state index contributed by atoms with van der Waals surface area (Å²) < 4.78 is 81.3. The molecule has 0 aliphatic carbocycles. The number of amides is 2. The van der Waals surface area contributed by atoms with Gasteiger partial charge in [0.15, 0.2) is 0 Å². The Morgan fingerprint density at radius 2 is 1.27 bits per heavy atom. The maximum atomic E-state index is 14.0. The lowest BCUT2D eigenvalue weighted by Gasteiger charge is -2.32. The third-order valence-electron chi connectivity index (χ3n) is 5.49. The molecule has 0 radical (unpaired) electrons. The van der Waals surface area contributed by atoms with Crippen LogP contribution in [0, 0.1) is 0 Å². The van der Waals surface area contributed by atoms with Crippen LogP contribution in [0.25, 0.3) is 0 Å². The van der Waals surface area contributed by atoms with Gasteiger partial charge in [-0.15, -0.1) is 0 Å². The fraction of sp³-hybridized carbons (Fsp3) is 0.269. The van der Waals surface area contributed by atoms with Gasteiger partial charge in [-0.25, -0.2) is 4.79 Å². The van der Waals surface area contributed by atoms with Crippen LogP contribution in [0.5, 0.6) is 0 Å². The minimum Gasteiger partial charge on any atom is -0.320 e. The number of hydrogen-bond donors (Lipinski definition) is 0. The lowest BCUT2D eigenvalue weighted by Crippen LogP contribution is -2.41. The molecule has 0 spiro atoms. The van der Waals surface area contributed by atoms with E-state index in [4.69, 9.17) is 23.2 Å². The second kappa shape index (κ2) is 11.6. The molecular weight excluding hydrogens is 541 g/mol. The number of urea groups is 1. The molecule has 37 heavy (non-hydrogen) atoms. The number of carbonyl (C=O) groups is 1. The molecule has 3 rings (SSSR count). The largest absolute Gasteiger partial charge is 0.416 e. The predicted molar refractivity (Wildman–Crippen MR) is 132 cm³/mol. The van der Waals surface area contributed by atoms with Gasteiger partial charge in [0.05, 0.1) is 32.5 Å². The summed E-state index contributed by atoms with van der Waals surface area (Å²) in [4.78, 5) is 16.0. The minimum absolute atomic E-state index is 0.0589. The molecule has 0 unspecified atom stereocenters. The normalized spacial score (nSPS) is 11.9. The first-order valence-corrected chi connectivity index (χ1v) is 11.9. The monoisotopic (exact) mass is 562 g/mol. The quantitative estimate of drug-likeness (QED) is 0.263. The molecule has 0 N–H and O–H groups in total. The standard InChI is InChI=1S/C26H22Cl2F6N2O/c1-2-3-13-35(16-17-7-5-4-6-8-17)24(37)36(22-14-18(25(29,30)31)9-11-20(22)27)23-15-19(26(32,33)34)10-12-21(23)28/h4-12,14-15H,2-3,13,16H2,1H3. The lowest BCUT2D eigenvalue weighted by molar-refractivity contribution is -0.138. The van der Waals surface area contributed by atoms with E-state index in [1.807, 2.05) is 6.92 Å². The smallest absolute Gasteiger partial charge is 0.320 e. The van der Waals surface area contributed by atoms with Crippen molar-refractivity contribution in [3.8, 4) is 0 Å². The summed E-state index contributed by atoms with van der Waals surface area (Å²) in [5.41, 5.74) is -2.43. The Balaban J connectivity index is 2.23. The van der Waals surface area contributed by atoms with Crippen molar-refractivity contribution in [2.75, 3.05) is 11.4 Å². The summed E-state index contributed by atoms with van der Waals surface area (Å²) in [6, 6.07) is 12.5. The van der Waals surface area contributed by atoms with Gasteiger partial charge in [0.2, 0.25) is 0 Å². The van der Waals surface area contributed by atoms with E-state index in [9.17, 15) is 31.1 Å². The molecule has 0 atom stereocenters. The summed E-state index contributed by atoms with van der Waals surface area (Å²) in [7, 11) is 0. The molecule has 0 aliphatic rings. The van der Waals surface area contributed by atoms with E-state index in [0.29, 0.717) is 29.9 Å². The summed E-state index contributed by atoms with van der Waals surface area (Å²) in [6.07, 6.45) is -8.36.